The predicted octanol–water partition coefficient (Wildman–Crippen LogP) is 1.11. The van der Waals surface area contributed by atoms with Gasteiger partial charge < -0.3 is 11.1 Å². The maximum Gasteiger partial charge on any atom is 0.237 e. The maximum absolute atomic E-state index is 13.2. The highest BCUT2D eigenvalue weighted by atomic mass is 32.2. The standard InChI is InChI=1S/C10H13FN2O2S/c1-2-16(15)6-10(14)13-9-5-7(12)3-4-8(9)11/h3-5H,2,6,12H2,1H3,(H,13,14). The number of carbonyl (C=O) groups excluding carboxylic acids is 1. The first-order valence-electron chi connectivity index (χ1n) is 4.72. The second kappa shape index (κ2) is 5.60. The molecule has 88 valence electrons. The van der Waals surface area contributed by atoms with Crippen LogP contribution in [0.1, 0.15) is 6.92 Å². The molecule has 0 fully saturated rings. The highest BCUT2D eigenvalue weighted by Crippen LogP contribution is 2.17. The SMILES string of the molecule is CCS(=O)CC(=O)Nc1cc(N)ccc1F. The summed E-state index contributed by atoms with van der Waals surface area (Å²) in [5.74, 6) is -0.785. The quantitative estimate of drug-likeness (QED) is 0.779. The van der Waals surface area contributed by atoms with Crippen molar-refractivity contribution in [3.63, 3.8) is 0 Å². The van der Waals surface area contributed by atoms with Crippen molar-refractivity contribution in [2.45, 2.75) is 6.92 Å². The van der Waals surface area contributed by atoms with E-state index in [1.54, 1.807) is 6.92 Å². The zero-order chi connectivity index (χ0) is 12.1. The zero-order valence-electron chi connectivity index (χ0n) is 8.83. The molecule has 6 heteroatoms. The van der Waals surface area contributed by atoms with Crippen LogP contribution in [0.5, 0.6) is 0 Å². The van der Waals surface area contributed by atoms with Gasteiger partial charge in [-0.25, -0.2) is 4.39 Å². The van der Waals surface area contributed by atoms with Crippen LogP contribution < -0.4 is 11.1 Å². The normalized spacial score (nSPS) is 12.1. The summed E-state index contributed by atoms with van der Waals surface area (Å²) in [6, 6.07) is 3.89. The van der Waals surface area contributed by atoms with E-state index in [0.717, 1.165) is 0 Å². The topological polar surface area (TPSA) is 72.2 Å². The minimum absolute atomic E-state index is 0.0121. The first kappa shape index (κ1) is 12.6. The molecular weight excluding hydrogens is 231 g/mol. The minimum atomic E-state index is -1.21. The van der Waals surface area contributed by atoms with Crippen molar-refractivity contribution < 1.29 is 13.4 Å². The molecule has 0 aromatic heterocycles. The van der Waals surface area contributed by atoms with E-state index in [1.807, 2.05) is 0 Å². The summed E-state index contributed by atoms with van der Waals surface area (Å²) in [5, 5.41) is 2.33. The van der Waals surface area contributed by atoms with E-state index in [9.17, 15) is 13.4 Å². The number of hydrogen-bond donors (Lipinski definition) is 2. The zero-order valence-corrected chi connectivity index (χ0v) is 9.64. The molecule has 0 spiro atoms. The third-order valence-electron chi connectivity index (χ3n) is 1.88. The van der Waals surface area contributed by atoms with Gasteiger partial charge in [-0.2, -0.15) is 0 Å². The van der Waals surface area contributed by atoms with Gasteiger partial charge in [0.05, 0.1) is 5.69 Å². The Bertz CT molecular complexity index is 423. The molecule has 16 heavy (non-hydrogen) atoms. The number of nitrogen functional groups attached to an aromatic ring is 1. The second-order valence-electron chi connectivity index (χ2n) is 3.16. The molecular formula is C10H13FN2O2S. The molecule has 1 amide bonds. The van der Waals surface area contributed by atoms with Crippen LogP contribution in [0.25, 0.3) is 0 Å². The number of anilines is 2. The number of halogens is 1. The lowest BCUT2D eigenvalue weighted by Crippen LogP contribution is -2.20. The predicted molar refractivity (Wildman–Crippen MR) is 63.0 cm³/mol. The molecule has 0 heterocycles. The van der Waals surface area contributed by atoms with Gasteiger partial charge in [0.1, 0.15) is 11.6 Å². The Morgan fingerprint density at radius 3 is 2.88 bits per heavy atom. The van der Waals surface area contributed by atoms with Crippen molar-refractivity contribution >= 4 is 28.1 Å². The fourth-order valence-corrected chi connectivity index (χ4v) is 1.64. The monoisotopic (exact) mass is 244 g/mol. The highest BCUT2D eigenvalue weighted by Gasteiger charge is 2.09. The lowest BCUT2D eigenvalue weighted by molar-refractivity contribution is -0.113. The van der Waals surface area contributed by atoms with E-state index in [0.29, 0.717) is 11.4 Å². The number of benzene rings is 1. The van der Waals surface area contributed by atoms with Gasteiger partial charge in [-0.1, -0.05) is 6.92 Å². The second-order valence-corrected chi connectivity index (χ2v) is 4.91. The van der Waals surface area contributed by atoms with Crippen LogP contribution >= 0.6 is 0 Å². The summed E-state index contributed by atoms with van der Waals surface area (Å²) < 4.78 is 24.3. The molecule has 0 saturated heterocycles. The van der Waals surface area contributed by atoms with Crippen molar-refractivity contribution in [2.75, 3.05) is 22.6 Å². The van der Waals surface area contributed by atoms with Crippen molar-refractivity contribution in [3.8, 4) is 0 Å². The summed E-state index contributed by atoms with van der Waals surface area (Å²) in [6.45, 7) is 1.71. The fraction of sp³-hybridized carbons (Fsp3) is 0.300. The van der Waals surface area contributed by atoms with Gasteiger partial charge in [-0.05, 0) is 18.2 Å². The van der Waals surface area contributed by atoms with Gasteiger partial charge in [0, 0.05) is 22.2 Å². The van der Waals surface area contributed by atoms with Crippen molar-refractivity contribution in [3.05, 3.63) is 24.0 Å². The van der Waals surface area contributed by atoms with Gasteiger partial charge in [-0.3, -0.25) is 9.00 Å². The van der Waals surface area contributed by atoms with Crippen LogP contribution in [-0.2, 0) is 15.6 Å². The summed E-state index contributed by atoms with van der Waals surface area (Å²) >= 11 is 0. The van der Waals surface area contributed by atoms with Crippen molar-refractivity contribution in [1.82, 2.24) is 0 Å². The fourth-order valence-electron chi connectivity index (χ4n) is 1.07. The number of amides is 1. The largest absolute Gasteiger partial charge is 0.399 e. The third kappa shape index (κ3) is 3.62. The molecule has 1 atom stereocenters. The Hall–Kier alpha value is -1.43. The van der Waals surface area contributed by atoms with Crippen molar-refractivity contribution in [2.24, 2.45) is 0 Å². The van der Waals surface area contributed by atoms with Crippen LogP contribution in [0.4, 0.5) is 15.8 Å². The molecule has 1 unspecified atom stereocenters. The molecule has 1 aromatic carbocycles. The van der Waals surface area contributed by atoms with Gasteiger partial charge in [0.2, 0.25) is 5.91 Å². The van der Waals surface area contributed by atoms with Crippen LogP contribution in [-0.4, -0.2) is 21.6 Å². The molecule has 1 rings (SSSR count). The molecule has 0 bridgehead atoms. The average molecular weight is 244 g/mol. The smallest absolute Gasteiger partial charge is 0.237 e. The van der Waals surface area contributed by atoms with Gasteiger partial charge in [0.25, 0.3) is 0 Å². The Labute approximate surface area is 95.5 Å². The van der Waals surface area contributed by atoms with Gasteiger partial charge in [0.15, 0.2) is 0 Å². The molecule has 0 aliphatic carbocycles. The molecule has 1 aromatic rings. The van der Waals surface area contributed by atoms with Gasteiger partial charge in [-0.15, -0.1) is 0 Å². The molecule has 0 saturated carbocycles. The molecule has 0 aliphatic rings. The van der Waals surface area contributed by atoms with Gasteiger partial charge >= 0.3 is 0 Å². The third-order valence-corrected chi connectivity index (χ3v) is 3.11. The average Bonchev–Trinajstić information content (AvgIpc) is 2.23. The van der Waals surface area contributed by atoms with E-state index in [-0.39, 0.29) is 11.4 Å². The van der Waals surface area contributed by atoms with E-state index in [1.165, 1.54) is 18.2 Å². The number of hydrogen-bond acceptors (Lipinski definition) is 3. The van der Waals surface area contributed by atoms with E-state index >= 15 is 0 Å². The van der Waals surface area contributed by atoms with E-state index in [4.69, 9.17) is 5.73 Å². The van der Waals surface area contributed by atoms with E-state index < -0.39 is 22.5 Å². The molecule has 0 aliphatic heterocycles. The maximum atomic E-state index is 13.2. The lowest BCUT2D eigenvalue weighted by atomic mass is 10.2. The van der Waals surface area contributed by atoms with Crippen LogP contribution in [0.15, 0.2) is 18.2 Å². The first-order valence-corrected chi connectivity index (χ1v) is 6.21. The summed E-state index contributed by atoms with van der Waals surface area (Å²) in [6.07, 6.45) is 0. The van der Waals surface area contributed by atoms with Crippen LogP contribution in [0, 0.1) is 5.82 Å². The number of nitrogens with one attached hydrogen (secondary N) is 1. The Balaban J connectivity index is 2.69. The Morgan fingerprint density at radius 1 is 1.56 bits per heavy atom. The summed E-state index contributed by atoms with van der Waals surface area (Å²) in [4.78, 5) is 11.3. The lowest BCUT2D eigenvalue weighted by Gasteiger charge is -2.06. The summed E-state index contributed by atoms with van der Waals surface area (Å²) in [5.41, 5.74) is 5.82. The molecule has 3 N–H and O–H groups in total. The minimum Gasteiger partial charge on any atom is -0.399 e. The Morgan fingerprint density at radius 2 is 2.25 bits per heavy atom. The Kier molecular flexibility index (Phi) is 4.42. The molecule has 0 radical (unpaired) electrons. The number of rotatable bonds is 4. The van der Waals surface area contributed by atoms with Crippen LogP contribution in [0.3, 0.4) is 0 Å². The number of nitrogens with two attached hydrogens (primary N) is 1. The van der Waals surface area contributed by atoms with Crippen LogP contribution in [0.2, 0.25) is 0 Å². The highest BCUT2D eigenvalue weighted by molar-refractivity contribution is 7.85. The van der Waals surface area contributed by atoms with E-state index in [2.05, 4.69) is 5.32 Å². The first-order chi connectivity index (χ1) is 7.52. The summed E-state index contributed by atoms with van der Waals surface area (Å²) in [7, 11) is -1.21. The molecule has 4 nitrogen and oxygen atoms in total. The number of carbonyl (C=O) groups is 1. The van der Waals surface area contributed by atoms with Crippen molar-refractivity contribution in [1.29, 1.82) is 0 Å².